The number of hydrogen-bond donors (Lipinski definition) is 2. The van der Waals surface area contributed by atoms with Gasteiger partial charge >= 0.3 is 0 Å². The summed E-state index contributed by atoms with van der Waals surface area (Å²) in [6.07, 6.45) is 1.86. The van der Waals surface area contributed by atoms with Crippen molar-refractivity contribution in [2.24, 2.45) is 0 Å². The average molecular weight is 328 g/mol. The highest BCUT2D eigenvalue weighted by atomic mass is 32.2. The number of fused-ring (bicyclic) bond motifs is 3. The Morgan fingerprint density at radius 2 is 2.17 bits per heavy atom. The number of benzene rings is 2. The second-order valence-electron chi connectivity index (χ2n) is 6.03. The number of ether oxygens (including phenoxy) is 1. The normalized spacial score (nSPS) is 23.8. The van der Waals surface area contributed by atoms with Crippen LogP contribution >= 0.6 is 11.8 Å². The van der Waals surface area contributed by atoms with E-state index in [2.05, 4.69) is 34.9 Å². The Morgan fingerprint density at radius 1 is 1.26 bits per heavy atom. The molecule has 0 radical (unpaired) electrons. The second kappa shape index (κ2) is 6.42. The molecule has 1 amide bonds. The van der Waals surface area contributed by atoms with Gasteiger partial charge in [0.25, 0.3) is 0 Å². The lowest BCUT2D eigenvalue weighted by molar-refractivity contribution is -0.123. The number of amides is 1. The summed E-state index contributed by atoms with van der Waals surface area (Å²) in [5.74, 6) is 2.73. The first-order valence-corrected chi connectivity index (χ1v) is 9.24. The van der Waals surface area contributed by atoms with E-state index in [9.17, 15) is 4.79 Å². The van der Waals surface area contributed by atoms with E-state index < -0.39 is 0 Å². The zero-order valence-electron chi connectivity index (χ0n) is 12.9. The molecule has 2 aromatic rings. The van der Waals surface area contributed by atoms with Gasteiger partial charge in [-0.05, 0) is 18.2 Å². The molecule has 23 heavy (non-hydrogen) atoms. The van der Waals surface area contributed by atoms with Gasteiger partial charge in [0.15, 0.2) is 0 Å². The van der Waals surface area contributed by atoms with Crippen LogP contribution in [0.5, 0.6) is 5.75 Å². The molecule has 0 saturated carbocycles. The van der Waals surface area contributed by atoms with E-state index in [1.165, 1.54) is 5.39 Å². The highest BCUT2D eigenvalue weighted by Crippen LogP contribution is 2.37. The number of rotatable bonds is 2. The van der Waals surface area contributed by atoms with Gasteiger partial charge in [-0.25, -0.2) is 0 Å². The fourth-order valence-electron chi connectivity index (χ4n) is 3.30. The van der Waals surface area contributed by atoms with Gasteiger partial charge in [-0.15, -0.1) is 11.8 Å². The Labute approximate surface area is 140 Å². The molecule has 2 aromatic carbocycles. The molecule has 4 nitrogen and oxygen atoms in total. The molecule has 2 aliphatic heterocycles. The average Bonchev–Trinajstić information content (AvgIpc) is 3.04. The van der Waals surface area contributed by atoms with Crippen molar-refractivity contribution in [1.29, 1.82) is 0 Å². The van der Waals surface area contributed by atoms with E-state index in [-0.39, 0.29) is 18.0 Å². The molecule has 1 saturated heterocycles. The summed E-state index contributed by atoms with van der Waals surface area (Å²) in [6.45, 7) is 0.699. The van der Waals surface area contributed by atoms with Crippen molar-refractivity contribution in [2.45, 2.75) is 24.9 Å². The summed E-state index contributed by atoms with van der Waals surface area (Å²) in [5, 5.41) is 8.76. The van der Waals surface area contributed by atoms with E-state index >= 15 is 0 Å². The molecule has 0 aromatic heterocycles. The van der Waals surface area contributed by atoms with E-state index in [4.69, 9.17) is 4.74 Å². The van der Waals surface area contributed by atoms with Crippen LogP contribution < -0.4 is 15.4 Å². The largest absolute Gasteiger partial charge is 0.493 e. The number of hydrogen-bond acceptors (Lipinski definition) is 4. The van der Waals surface area contributed by atoms with Crippen LogP contribution in [0.25, 0.3) is 10.8 Å². The number of carbonyl (C=O) groups is 1. The maximum Gasteiger partial charge on any atom is 0.238 e. The first-order valence-electron chi connectivity index (χ1n) is 8.09. The molecule has 5 heteroatoms. The summed E-state index contributed by atoms with van der Waals surface area (Å²) < 4.78 is 6.03. The highest BCUT2D eigenvalue weighted by Gasteiger charge is 2.28. The van der Waals surface area contributed by atoms with Gasteiger partial charge in [-0.2, -0.15) is 0 Å². The molecule has 2 N–H and O–H groups in total. The Kier molecular flexibility index (Phi) is 4.14. The number of carbonyl (C=O) groups excluding carboxylic acids is 1. The molecular weight excluding hydrogens is 308 g/mol. The lowest BCUT2D eigenvalue weighted by Crippen LogP contribution is -2.43. The van der Waals surface area contributed by atoms with Crippen molar-refractivity contribution in [3.63, 3.8) is 0 Å². The summed E-state index contributed by atoms with van der Waals surface area (Å²) >= 11 is 1.77. The summed E-state index contributed by atoms with van der Waals surface area (Å²) in [7, 11) is 0. The van der Waals surface area contributed by atoms with E-state index in [1.807, 2.05) is 12.1 Å². The molecule has 0 bridgehead atoms. The van der Waals surface area contributed by atoms with Gasteiger partial charge in [0, 0.05) is 22.6 Å². The van der Waals surface area contributed by atoms with E-state index in [1.54, 1.807) is 11.8 Å². The van der Waals surface area contributed by atoms with Gasteiger partial charge in [-0.3, -0.25) is 10.1 Å². The molecule has 2 heterocycles. The molecule has 0 unspecified atom stereocenters. The molecular formula is C18H20N2O2S. The maximum absolute atomic E-state index is 12.5. The van der Waals surface area contributed by atoms with Crippen molar-refractivity contribution >= 4 is 28.4 Å². The quantitative estimate of drug-likeness (QED) is 0.890. The molecule has 0 aliphatic carbocycles. The van der Waals surface area contributed by atoms with Gasteiger partial charge in [0.05, 0.1) is 18.7 Å². The third-order valence-electron chi connectivity index (χ3n) is 4.52. The van der Waals surface area contributed by atoms with Crippen molar-refractivity contribution < 1.29 is 9.53 Å². The van der Waals surface area contributed by atoms with Crippen LogP contribution in [0, 0.1) is 0 Å². The lowest BCUT2D eigenvalue weighted by atomic mass is 9.97. The van der Waals surface area contributed by atoms with Crippen LogP contribution in [0.2, 0.25) is 0 Å². The minimum Gasteiger partial charge on any atom is -0.493 e. The van der Waals surface area contributed by atoms with Crippen LogP contribution in [0.15, 0.2) is 36.4 Å². The predicted octanol–water partition coefficient (Wildman–Crippen LogP) is 2.83. The topological polar surface area (TPSA) is 50.4 Å². The summed E-state index contributed by atoms with van der Waals surface area (Å²) in [5.41, 5.74) is 1.10. The van der Waals surface area contributed by atoms with Crippen molar-refractivity contribution in [3.05, 3.63) is 42.0 Å². The number of nitrogens with one attached hydrogen (secondary N) is 2. The first kappa shape index (κ1) is 14.8. The highest BCUT2D eigenvalue weighted by molar-refractivity contribution is 7.99. The molecule has 2 atom stereocenters. The van der Waals surface area contributed by atoms with Crippen LogP contribution in [-0.4, -0.2) is 30.2 Å². The van der Waals surface area contributed by atoms with Crippen molar-refractivity contribution in [3.8, 4) is 5.75 Å². The SMILES string of the molecule is O=C(N[C@H]1CCCOc2c1ccc1ccccc21)[C@@H]1CSCN1. The monoisotopic (exact) mass is 328 g/mol. The fourth-order valence-corrected chi connectivity index (χ4v) is 4.24. The predicted molar refractivity (Wildman–Crippen MR) is 93.8 cm³/mol. The Bertz CT molecular complexity index is 728. The smallest absolute Gasteiger partial charge is 0.238 e. The Balaban J connectivity index is 1.67. The summed E-state index contributed by atoms with van der Waals surface area (Å²) in [6, 6.07) is 12.4. The first-order chi connectivity index (χ1) is 11.3. The molecule has 0 spiro atoms. The fraction of sp³-hybridized carbons (Fsp3) is 0.389. The zero-order chi connectivity index (χ0) is 15.6. The van der Waals surface area contributed by atoms with Gasteiger partial charge in [0.2, 0.25) is 5.91 Å². The van der Waals surface area contributed by atoms with Gasteiger partial charge in [-0.1, -0.05) is 36.4 Å². The van der Waals surface area contributed by atoms with Crippen molar-refractivity contribution in [2.75, 3.05) is 18.2 Å². The summed E-state index contributed by atoms with van der Waals surface area (Å²) in [4.78, 5) is 12.5. The maximum atomic E-state index is 12.5. The molecule has 120 valence electrons. The Hall–Kier alpha value is -1.72. The second-order valence-corrected chi connectivity index (χ2v) is 7.06. The molecule has 2 aliphatic rings. The zero-order valence-corrected chi connectivity index (χ0v) is 13.7. The molecule has 4 rings (SSSR count). The van der Waals surface area contributed by atoms with Gasteiger partial charge < -0.3 is 10.1 Å². The van der Waals surface area contributed by atoms with Crippen LogP contribution in [-0.2, 0) is 4.79 Å². The van der Waals surface area contributed by atoms with Gasteiger partial charge in [0.1, 0.15) is 5.75 Å². The van der Waals surface area contributed by atoms with E-state index in [0.717, 1.165) is 41.2 Å². The lowest BCUT2D eigenvalue weighted by Gasteiger charge is -2.21. The van der Waals surface area contributed by atoms with Crippen molar-refractivity contribution in [1.82, 2.24) is 10.6 Å². The van der Waals surface area contributed by atoms with Crippen LogP contribution in [0.3, 0.4) is 0 Å². The van der Waals surface area contributed by atoms with Crippen LogP contribution in [0.1, 0.15) is 24.4 Å². The minimum absolute atomic E-state index is 0.0250. The third-order valence-corrected chi connectivity index (χ3v) is 5.46. The standard InChI is InChI=1S/C18H20N2O2S/c21-18(16-10-23-11-19-16)20-15-6-3-9-22-17-13-5-2-1-4-12(13)7-8-14(15)17/h1-2,4-5,7-8,15-16,19H,3,6,9-11H2,(H,20,21)/t15-,16-/m0/s1. The molecule has 1 fully saturated rings. The number of thioether (sulfide) groups is 1. The van der Waals surface area contributed by atoms with Crippen LogP contribution in [0.4, 0.5) is 0 Å². The Morgan fingerprint density at radius 3 is 3.04 bits per heavy atom. The minimum atomic E-state index is -0.0759. The third kappa shape index (κ3) is 2.91. The van der Waals surface area contributed by atoms with E-state index in [0.29, 0.717) is 6.61 Å².